The molecule has 1 saturated heterocycles. The van der Waals surface area contributed by atoms with Crippen molar-refractivity contribution in [3.05, 3.63) is 16.1 Å². The molecule has 0 saturated carbocycles. The number of rotatable bonds is 3. The minimum absolute atomic E-state index is 0.243. The second-order valence-electron chi connectivity index (χ2n) is 4.80. The third-order valence-electron chi connectivity index (χ3n) is 3.16. The van der Waals surface area contributed by atoms with Gasteiger partial charge in [0.1, 0.15) is 0 Å². The lowest BCUT2D eigenvalue weighted by Crippen LogP contribution is -2.44. The Morgan fingerprint density at radius 2 is 2.22 bits per heavy atom. The molecule has 0 spiro atoms. The average Bonchev–Trinajstić information content (AvgIpc) is 2.76. The van der Waals surface area contributed by atoms with Crippen molar-refractivity contribution in [2.75, 3.05) is 27.2 Å². The first-order valence-corrected chi connectivity index (χ1v) is 8.22. The van der Waals surface area contributed by atoms with Crippen LogP contribution >= 0.6 is 11.3 Å². The van der Waals surface area contributed by atoms with Crippen LogP contribution in [0.4, 0.5) is 0 Å². The first-order chi connectivity index (χ1) is 8.41. The SMILES string of the molecule is Cc1cnc(C2CCCN(S(=O)(=O)N(C)C)C2)s1. The molecular formula is C11H19N3O2S2. The number of hydrogen-bond donors (Lipinski definition) is 0. The first-order valence-electron chi connectivity index (χ1n) is 6.01. The Morgan fingerprint density at radius 3 is 2.78 bits per heavy atom. The van der Waals surface area contributed by atoms with Gasteiger partial charge in [0.2, 0.25) is 0 Å². The molecule has 18 heavy (non-hydrogen) atoms. The molecule has 0 N–H and O–H groups in total. The van der Waals surface area contributed by atoms with Crippen LogP contribution in [0.25, 0.3) is 0 Å². The zero-order valence-electron chi connectivity index (χ0n) is 11.0. The van der Waals surface area contributed by atoms with Crippen LogP contribution in [0.3, 0.4) is 0 Å². The average molecular weight is 289 g/mol. The Hall–Kier alpha value is -0.500. The third kappa shape index (κ3) is 2.74. The molecule has 2 rings (SSSR count). The molecule has 1 fully saturated rings. The zero-order chi connectivity index (χ0) is 13.3. The predicted molar refractivity (Wildman–Crippen MR) is 73.0 cm³/mol. The summed E-state index contributed by atoms with van der Waals surface area (Å²) in [7, 11) is -0.139. The smallest absolute Gasteiger partial charge is 0.249 e. The molecule has 7 heteroatoms. The van der Waals surface area contributed by atoms with Gasteiger partial charge in [-0.15, -0.1) is 11.3 Å². The highest BCUT2D eigenvalue weighted by molar-refractivity contribution is 7.86. The quantitative estimate of drug-likeness (QED) is 0.846. The highest BCUT2D eigenvalue weighted by atomic mass is 32.2. The number of thiazole rings is 1. The molecular weight excluding hydrogens is 270 g/mol. The molecule has 0 aliphatic carbocycles. The Bertz CT molecular complexity index is 510. The zero-order valence-corrected chi connectivity index (χ0v) is 12.6. The molecule has 1 aromatic rings. The highest BCUT2D eigenvalue weighted by Gasteiger charge is 2.31. The largest absolute Gasteiger partial charge is 0.281 e. The van der Waals surface area contributed by atoms with Gasteiger partial charge in [-0.05, 0) is 19.8 Å². The van der Waals surface area contributed by atoms with E-state index in [1.807, 2.05) is 13.1 Å². The van der Waals surface area contributed by atoms with E-state index < -0.39 is 10.2 Å². The van der Waals surface area contributed by atoms with Crippen molar-refractivity contribution in [3.8, 4) is 0 Å². The van der Waals surface area contributed by atoms with Gasteiger partial charge in [-0.1, -0.05) is 0 Å². The van der Waals surface area contributed by atoms with E-state index in [4.69, 9.17) is 0 Å². The summed E-state index contributed by atoms with van der Waals surface area (Å²) in [5.74, 6) is 0.243. The van der Waals surface area contributed by atoms with Crippen molar-refractivity contribution in [1.29, 1.82) is 0 Å². The number of nitrogens with zero attached hydrogens (tertiary/aromatic N) is 3. The van der Waals surface area contributed by atoms with Gasteiger partial charge in [0.15, 0.2) is 0 Å². The van der Waals surface area contributed by atoms with E-state index in [2.05, 4.69) is 4.98 Å². The van der Waals surface area contributed by atoms with Crippen molar-refractivity contribution in [3.63, 3.8) is 0 Å². The van der Waals surface area contributed by atoms with Gasteiger partial charge in [-0.2, -0.15) is 17.0 Å². The fraction of sp³-hybridized carbons (Fsp3) is 0.727. The standard InChI is InChI=1S/C11H19N3O2S2/c1-9-7-12-11(17-9)10-5-4-6-14(8-10)18(15,16)13(2)3/h7,10H,4-6,8H2,1-3H3. The molecule has 1 atom stereocenters. The summed E-state index contributed by atoms with van der Waals surface area (Å²) in [5, 5.41) is 1.06. The number of hydrogen-bond acceptors (Lipinski definition) is 4. The summed E-state index contributed by atoms with van der Waals surface area (Å²) < 4.78 is 27.1. The molecule has 2 heterocycles. The summed E-state index contributed by atoms with van der Waals surface area (Å²) in [6.45, 7) is 3.19. The highest BCUT2D eigenvalue weighted by Crippen LogP contribution is 2.31. The molecule has 102 valence electrons. The fourth-order valence-electron chi connectivity index (χ4n) is 2.15. The Balaban J connectivity index is 2.14. The molecule has 0 amide bonds. The molecule has 0 radical (unpaired) electrons. The van der Waals surface area contributed by atoms with Crippen LogP contribution in [-0.4, -0.2) is 49.2 Å². The van der Waals surface area contributed by atoms with Crippen LogP contribution in [-0.2, 0) is 10.2 Å². The maximum atomic E-state index is 12.1. The van der Waals surface area contributed by atoms with Crippen LogP contribution < -0.4 is 0 Å². The number of piperidine rings is 1. The molecule has 1 aliphatic heterocycles. The summed E-state index contributed by atoms with van der Waals surface area (Å²) in [5.41, 5.74) is 0. The van der Waals surface area contributed by atoms with E-state index in [1.54, 1.807) is 29.7 Å². The van der Waals surface area contributed by atoms with E-state index in [9.17, 15) is 8.42 Å². The van der Waals surface area contributed by atoms with Crippen molar-refractivity contribution in [2.24, 2.45) is 0 Å². The van der Waals surface area contributed by atoms with Crippen molar-refractivity contribution in [1.82, 2.24) is 13.6 Å². The maximum Gasteiger partial charge on any atom is 0.281 e. The monoisotopic (exact) mass is 289 g/mol. The lowest BCUT2D eigenvalue weighted by atomic mass is 10.0. The minimum atomic E-state index is -3.29. The van der Waals surface area contributed by atoms with Gasteiger partial charge < -0.3 is 0 Å². The Kier molecular flexibility index (Phi) is 4.05. The van der Waals surface area contributed by atoms with E-state index in [0.29, 0.717) is 13.1 Å². The second-order valence-corrected chi connectivity index (χ2v) is 8.21. The maximum absolute atomic E-state index is 12.1. The first kappa shape index (κ1) is 13.9. The van der Waals surface area contributed by atoms with E-state index in [0.717, 1.165) is 17.8 Å². The number of aromatic nitrogens is 1. The van der Waals surface area contributed by atoms with Gasteiger partial charge >= 0.3 is 0 Å². The molecule has 0 aromatic carbocycles. The summed E-state index contributed by atoms with van der Waals surface area (Å²) in [6.07, 6.45) is 3.78. The van der Waals surface area contributed by atoms with Crippen LogP contribution in [0.2, 0.25) is 0 Å². The molecule has 5 nitrogen and oxygen atoms in total. The number of aryl methyl sites for hydroxylation is 1. The van der Waals surface area contributed by atoms with E-state index in [1.165, 1.54) is 9.18 Å². The van der Waals surface area contributed by atoms with Crippen LogP contribution in [0, 0.1) is 6.92 Å². The lowest BCUT2D eigenvalue weighted by molar-refractivity contribution is 0.298. The van der Waals surface area contributed by atoms with Crippen molar-refractivity contribution >= 4 is 21.5 Å². The third-order valence-corrected chi connectivity index (χ3v) is 6.14. The molecule has 1 aliphatic rings. The van der Waals surface area contributed by atoms with Gasteiger partial charge in [0.05, 0.1) is 5.01 Å². The Morgan fingerprint density at radius 1 is 1.50 bits per heavy atom. The van der Waals surface area contributed by atoms with Gasteiger partial charge in [-0.3, -0.25) is 0 Å². The van der Waals surface area contributed by atoms with Gasteiger partial charge in [-0.25, -0.2) is 4.98 Å². The molecule has 1 aromatic heterocycles. The van der Waals surface area contributed by atoms with Crippen molar-refractivity contribution < 1.29 is 8.42 Å². The normalized spacial score (nSPS) is 22.6. The van der Waals surface area contributed by atoms with E-state index in [-0.39, 0.29) is 5.92 Å². The lowest BCUT2D eigenvalue weighted by Gasteiger charge is -2.32. The van der Waals surface area contributed by atoms with Crippen LogP contribution in [0.1, 0.15) is 28.6 Å². The summed E-state index contributed by atoms with van der Waals surface area (Å²) >= 11 is 1.67. The van der Waals surface area contributed by atoms with Gasteiger partial charge in [0, 0.05) is 44.2 Å². The van der Waals surface area contributed by atoms with Gasteiger partial charge in [0.25, 0.3) is 10.2 Å². The summed E-state index contributed by atoms with van der Waals surface area (Å²) in [4.78, 5) is 5.56. The molecule has 1 unspecified atom stereocenters. The predicted octanol–water partition coefficient (Wildman–Crippen LogP) is 1.44. The van der Waals surface area contributed by atoms with Crippen LogP contribution in [0.15, 0.2) is 6.20 Å². The van der Waals surface area contributed by atoms with Crippen molar-refractivity contribution in [2.45, 2.75) is 25.7 Å². The summed E-state index contributed by atoms with van der Waals surface area (Å²) in [6, 6.07) is 0. The second kappa shape index (κ2) is 5.24. The molecule has 0 bridgehead atoms. The Labute approximate surface area is 113 Å². The topological polar surface area (TPSA) is 53.5 Å². The fourth-order valence-corrected chi connectivity index (χ4v) is 4.24. The minimum Gasteiger partial charge on any atom is -0.249 e. The van der Waals surface area contributed by atoms with Crippen LogP contribution in [0.5, 0.6) is 0 Å². The van der Waals surface area contributed by atoms with E-state index >= 15 is 0 Å².